The molecule has 5 heteroatoms. The number of amides is 1. The summed E-state index contributed by atoms with van der Waals surface area (Å²) in [4.78, 5) is 16.4. The van der Waals surface area contributed by atoms with Crippen molar-refractivity contribution in [2.24, 2.45) is 0 Å². The van der Waals surface area contributed by atoms with Crippen LogP contribution < -0.4 is 5.32 Å². The zero-order valence-corrected chi connectivity index (χ0v) is 14.5. The van der Waals surface area contributed by atoms with Gasteiger partial charge in [-0.2, -0.15) is 0 Å². The molecule has 0 aliphatic rings. The molecule has 2 rings (SSSR count). The highest BCUT2D eigenvalue weighted by Crippen LogP contribution is 2.23. The molecule has 23 heavy (non-hydrogen) atoms. The minimum Gasteiger partial charge on any atom is -0.385 e. The summed E-state index contributed by atoms with van der Waals surface area (Å²) in [6.45, 7) is 4.31. The summed E-state index contributed by atoms with van der Waals surface area (Å²) in [7, 11) is 0. The molecule has 0 bridgehead atoms. The molecule has 0 saturated carbocycles. The van der Waals surface area contributed by atoms with Gasteiger partial charge in [-0.15, -0.1) is 11.3 Å². The quantitative estimate of drug-likeness (QED) is 0.730. The Hall–Kier alpha value is -1.72. The summed E-state index contributed by atoms with van der Waals surface area (Å²) in [5.41, 5.74) is 0.694. The van der Waals surface area contributed by atoms with E-state index in [1.54, 1.807) is 18.3 Å². The number of thiazole rings is 1. The zero-order chi connectivity index (χ0) is 16.7. The van der Waals surface area contributed by atoms with Gasteiger partial charge in [0.15, 0.2) is 0 Å². The standard InChI is InChI=1S/C18H24N2O2S/c1-14-13-23-17(20-14)10-6-7-11-19-16(21)12-18(2,22)15-8-4-3-5-9-15/h3-5,8-9,13,22H,6-7,10-12H2,1-2H3,(H,19,21). The Morgan fingerprint density at radius 2 is 2.04 bits per heavy atom. The number of hydrogen-bond donors (Lipinski definition) is 2. The van der Waals surface area contributed by atoms with Crippen molar-refractivity contribution in [3.05, 3.63) is 52.0 Å². The molecule has 1 heterocycles. The maximum absolute atomic E-state index is 12.0. The molecular formula is C18H24N2O2S. The number of carbonyl (C=O) groups excluding carboxylic acids is 1. The average molecular weight is 332 g/mol. The van der Waals surface area contributed by atoms with E-state index in [0.717, 1.165) is 35.5 Å². The second-order valence-corrected chi connectivity index (χ2v) is 6.95. The predicted octanol–water partition coefficient (Wildman–Crippen LogP) is 3.19. The first-order chi connectivity index (χ1) is 11.0. The molecule has 1 aromatic heterocycles. The number of carbonyl (C=O) groups is 1. The summed E-state index contributed by atoms with van der Waals surface area (Å²) < 4.78 is 0. The summed E-state index contributed by atoms with van der Waals surface area (Å²) >= 11 is 1.69. The lowest BCUT2D eigenvalue weighted by molar-refractivity contribution is -0.125. The van der Waals surface area contributed by atoms with Gasteiger partial charge in [-0.25, -0.2) is 4.98 Å². The molecule has 0 aliphatic carbocycles. The van der Waals surface area contributed by atoms with Crippen LogP contribution in [0.1, 0.15) is 42.5 Å². The first-order valence-electron chi connectivity index (χ1n) is 7.93. The van der Waals surface area contributed by atoms with Gasteiger partial charge in [0.25, 0.3) is 0 Å². The topological polar surface area (TPSA) is 62.2 Å². The van der Waals surface area contributed by atoms with Crippen molar-refractivity contribution in [3.63, 3.8) is 0 Å². The molecule has 124 valence electrons. The van der Waals surface area contributed by atoms with Crippen LogP contribution in [0.5, 0.6) is 0 Å². The highest BCUT2D eigenvalue weighted by atomic mass is 32.1. The molecule has 2 aromatic rings. The molecule has 1 unspecified atom stereocenters. The van der Waals surface area contributed by atoms with Crippen molar-refractivity contribution in [2.75, 3.05) is 6.54 Å². The number of rotatable bonds is 8. The molecule has 0 fully saturated rings. The van der Waals surface area contributed by atoms with E-state index in [1.165, 1.54) is 0 Å². The second-order valence-electron chi connectivity index (χ2n) is 6.01. The van der Waals surface area contributed by atoms with Gasteiger partial charge in [-0.1, -0.05) is 30.3 Å². The monoisotopic (exact) mass is 332 g/mol. The normalized spacial score (nSPS) is 13.5. The third kappa shape index (κ3) is 5.77. The van der Waals surface area contributed by atoms with Crippen LogP contribution >= 0.6 is 11.3 Å². The lowest BCUT2D eigenvalue weighted by atomic mass is 9.92. The zero-order valence-electron chi connectivity index (χ0n) is 13.7. The first kappa shape index (κ1) is 17.6. The summed E-state index contributed by atoms with van der Waals surface area (Å²) in [5, 5.41) is 16.5. The molecule has 0 aliphatic heterocycles. The van der Waals surface area contributed by atoms with Gasteiger partial charge >= 0.3 is 0 Å². The maximum atomic E-state index is 12.0. The molecule has 4 nitrogen and oxygen atoms in total. The Kier molecular flexibility index (Phi) is 6.30. The molecule has 1 aromatic carbocycles. The highest BCUT2D eigenvalue weighted by molar-refractivity contribution is 7.09. The largest absolute Gasteiger partial charge is 0.385 e. The van der Waals surface area contributed by atoms with Gasteiger partial charge in [0.2, 0.25) is 5.91 Å². The van der Waals surface area contributed by atoms with E-state index < -0.39 is 5.60 Å². The fourth-order valence-corrected chi connectivity index (χ4v) is 3.24. The van der Waals surface area contributed by atoms with Gasteiger partial charge in [-0.05, 0) is 38.7 Å². The Bertz CT molecular complexity index is 623. The van der Waals surface area contributed by atoms with E-state index in [9.17, 15) is 9.90 Å². The second kappa shape index (κ2) is 8.22. The Morgan fingerprint density at radius 3 is 2.70 bits per heavy atom. The van der Waals surface area contributed by atoms with E-state index in [2.05, 4.69) is 15.7 Å². The number of nitrogens with zero attached hydrogens (tertiary/aromatic N) is 1. The molecule has 1 amide bonds. The smallest absolute Gasteiger partial charge is 0.223 e. The minimum atomic E-state index is -1.14. The van der Waals surface area contributed by atoms with Crippen molar-refractivity contribution >= 4 is 17.2 Å². The van der Waals surface area contributed by atoms with E-state index >= 15 is 0 Å². The fourth-order valence-electron chi connectivity index (χ4n) is 2.42. The molecule has 0 radical (unpaired) electrons. The first-order valence-corrected chi connectivity index (χ1v) is 8.81. The van der Waals surface area contributed by atoms with Gasteiger partial charge in [-0.3, -0.25) is 4.79 Å². The van der Waals surface area contributed by atoms with E-state index in [-0.39, 0.29) is 12.3 Å². The number of hydrogen-bond acceptors (Lipinski definition) is 4. The maximum Gasteiger partial charge on any atom is 0.223 e. The molecule has 0 saturated heterocycles. The van der Waals surface area contributed by atoms with E-state index in [0.29, 0.717) is 6.54 Å². The van der Waals surface area contributed by atoms with Crippen molar-refractivity contribution in [1.29, 1.82) is 0 Å². The van der Waals surface area contributed by atoms with Crippen molar-refractivity contribution < 1.29 is 9.90 Å². The number of aromatic nitrogens is 1. The van der Waals surface area contributed by atoms with E-state index in [1.807, 2.05) is 37.3 Å². The van der Waals surface area contributed by atoms with E-state index in [4.69, 9.17) is 0 Å². The lowest BCUT2D eigenvalue weighted by Crippen LogP contribution is -2.33. The Morgan fingerprint density at radius 1 is 1.30 bits per heavy atom. The molecule has 1 atom stereocenters. The minimum absolute atomic E-state index is 0.0721. The van der Waals surface area contributed by atoms with Crippen LogP contribution in [0, 0.1) is 6.92 Å². The Labute approximate surface area is 141 Å². The van der Waals surface area contributed by atoms with Crippen LogP contribution in [0.25, 0.3) is 0 Å². The van der Waals surface area contributed by atoms with Gasteiger partial charge in [0.1, 0.15) is 0 Å². The van der Waals surface area contributed by atoms with Gasteiger partial charge < -0.3 is 10.4 Å². The van der Waals surface area contributed by atoms with Crippen LogP contribution in [-0.4, -0.2) is 22.5 Å². The average Bonchev–Trinajstić information content (AvgIpc) is 2.93. The molecule has 0 spiro atoms. The van der Waals surface area contributed by atoms with Gasteiger partial charge in [0, 0.05) is 17.6 Å². The lowest BCUT2D eigenvalue weighted by Gasteiger charge is -2.23. The van der Waals surface area contributed by atoms with Crippen LogP contribution in [0.4, 0.5) is 0 Å². The number of benzene rings is 1. The van der Waals surface area contributed by atoms with Crippen LogP contribution in [0.15, 0.2) is 35.7 Å². The van der Waals surface area contributed by atoms with Crippen LogP contribution in [-0.2, 0) is 16.8 Å². The number of aliphatic hydroxyl groups is 1. The fraction of sp³-hybridized carbons (Fsp3) is 0.444. The molecule has 2 N–H and O–H groups in total. The highest BCUT2D eigenvalue weighted by Gasteiger charge is 2.26. The van der Waals surface area contributed by atoms with Crippen molar-refractivity contribution in [1.82, 2.24) is 10.3 Å². The third-order valence-electron chi connectivity index (χ3n) is 3.71. The summed E-state index contributed by atoms with van der Waals surface area (Å²) in [6.07, 6.45) is 2.94. The number of unbranched alkanes of at least 4 members (excludes halogenated alkanes) is 1. The number of nitrogens with one attached hydrogen (secondary N) is 1. The van der Waals surface area contributed by atoms with Crippen LogP contribution in [0.2, 0.25) is 0 Å². The SMILES string of the molecule is Cc1csc(CCCCNC(=O)CC(C)(O)c2ccccc2)n1. The summed E-state index contributed by atoms with van der Waals surface area (Å²) in [6, 6.07) is 9.29. The van der Waals surface area contributed by atoms with Crippen molar-refractivity contribution in [3.8, 4) is 0 Å². The number of aryl methyl sites for hydroxylation is 2. The molecular weight excluding hydrogens is 308 g/mol. The third-order valence-corrected chi connectivity index (χ3v) is 4.73. The Balaban J connectivity index is 1.67. The predicted molar refractivity (Wildman–Crippen MR) is 93.4 cm³/mol. The van der Waals surface area contributed by atoms with Crippen LogP contribution in [0.3, 0.4) is 0 Å². The van der Waals surface area contributed by atoms with Gasteiger partial charge in [0.05, 0.1) is 17.0 Å². The summed E-state index contributed by atoms with van der Waals surface area (Å²) in [5.74, 6) is -0.121. The van der Waals surface area contributed by atoms with Crippen molar-refractivity contribution in [2.45, 2.75) is 45.1 Å².